The molecule has 132 valence electrons. The number of hydrogen-bond donors (Lipinski definition) is 0. The van der Waals surface area contributed by atoms with E-state index in [2.05, 4.69) is 62.3 Å². The molecule has 1 atom stereocenters. The van der Waals surface area contributed by atoms with Gasteiger partial charge in [0.2, 0.25) is 0 Å². The van der Waals surface area contributed by atoms with Crippen molar-refractivity contribution in [2.45, 2.75) is 51.9 Å². The van der Waals surface area contributed by atoms with Crippen molar-refractivity contribution in [1.29, 1.82) is 0 Å². The Bertz CT molecular complexity index is 970. The lowest BCUT2D eigenvalue weighted by molar-refractivity contribution is 0.0967. The van der Waals surface area contributed by atoms with Crippen LogP contribution in [0.2, 0.25) is 19.6 Å². The molecule has 0 saturated carbocycles. The molecule has 3 heteroatoms. The SMILES string of the molecule is CC1CCC(=O)c2cc3c(cc21)-c1ccc(C#C[Si](C)(C)C)cc1CO3. The second-order valence-corrected chi connectivity index (χ2v) is 13.2. The molecule has 2 aromatic rings. The van der Waals surface area contributed by atoms with Crippen LogP contribution in [0.3, 0.4) is 0 Å². The molecule has 2 nitrogen and oxygen atoms in total. The van der Waals surface area contributed by atoms with Crippen LogP contribution < -0.4 is 4.74 Å². The smallest absolute Gasteiger partial charge is 0.163 e. The first-order valence-corrected chi connectivity index (χ1v) is 12.8. The van der Waals surface area contributed by atoms with Crippen molar-refractivity contribution in [1.82, 2.24) is 0 Å². The first-order chi connectivity index (χ1) is 12.3. The van der Waals surface area contributed by atoms with Crippen molar-refractivity contribution in [2.24, 2.45) is 0 Å². The predicted octanol–water partition coefficient (Wildman–Crippen LogP) is 5.55. The Kier molecular flexibility index (Phi) is 4.04. The second-order valence-electron chi connectivity index (χ2n) is 8.46. The van der Waals surface area contributed by atoms with Gasteiger partial charge in [-0.1, -0.05) is 38.6 Å². The zero-order valence-electron chi connectivity index (χ0n) is 15.9. The molecule has 0 radical (unpaired) electrons. The summed E-state index contributed by atoms with van der Waals surface area (Å²) < 4.78 is 6.01. The molecule has 26 heavy (non-hydrogen) atoms. The van der Waals surface area contributed by atoms with E-state index in [4.69, 9.17) is 4.74 Å². The summed E-state index contributed by atoms with van der Waals surface area (Å²) in [6.07, 6.45) is 1.58. The number of hydrogen-bond acceptors (Lipinski definition) is 2. The van der Waals surface area contributed by atoms with Crippen LogP contribution in [0, 0.1) is 11.5 Å². The largest absolute Gasteiger partial charge is 0.488 e. The summed E-state index contributed by atoms with van der Waals surface area (Å²) in [5.74, 6) is 4.83. The molecule has 0 spiro atoms. The van der Waals surface area contributed by atoms with Crippen LogP contribution in [0.5, 0.6) is 5.75 Å². The number of carbonyl (C=O) groups excluding carboxylic acids is 1. The van der Waals surface area contributed by atoms with Gasteiger partial charge in [-0.25, -0.2) is 0 Å². The van der Waals surface area contributed by atoms with E-state index in [0.29, 0.717) is 18.9 Å². The molecule has 2 aromatic carbocycles. The van der Waals surface area contributed by atoms with E-state index in [1.165, 1.54) is 16.7 Å². The fourth-order valence-corrected chi connectivity index (χ4v) is 4.20. The third-order valence-corrected chi connectivity index (χ3v) is 6.02. The van der Waals surface area contributed by atoms with Crippen molar-refractivity contribution in [3.8, 4) is 28.3 Å². The molecular formula is C23H24O2Si. The van der Waals surface area contributed by atoms with E-state index in [1.54, 1.807) is 0 Å². The van der Waals surface area contributed by atoms with Crippen molar-refractivity contribution in [3.63, 3.8) is 0 Å². The summed E-state index contributed by atoms with van der Waals surface area (Å²) >= 11 is 0. The van der Waals surface area contributed by atoms with Gasteiger partial charge in [-0.2, -0.15) is 0 Å². The van der Waals surface area contributed by atoms with Gasteiger partial charge < -0.3 is 4.74 Å². The number of fused-ring (bicyclic) bond motifs is 4. The van der Waals surface area contributed by atoms with Crippen LogP contribution in [0.25, 0.3) is 11.1 Å². The molecule has 0 N–H and O–H groups in total. The number of Topliss-reactive ketones (excluding diaryl/α,β-unsaturated/α-hetero) is 1. The number of benzene rings is 2. The van der Waals surface area contributed by atoms with Gasteiger partial charge in [0.15, 0.2) is 5.78 Å². The van der Waals surface area contributed by atoms with Gasteiger partial charge in [0.05, 0.1) is 0 Å². The Morgan fingerprint density at radius 2 is 1.88 bits per heavy atom. The maximum atomic E-state index is 12.3. The standard InChI is InChI=1S/C23H24O2Si/c1-15-5-8-22(24)20-13-23-21(12-19(15)20)18-7-6-16(9-10-26(2,3)4)11-17(18)14-25-23/h6-7,11-13,15H,5,8,14H2,1-4H3. The minimum absolute atomic E-state index is 0.243. The van der Waals surface area contributed by atoms with Gasteiger partial charge in [0.1, 0.15) is 20.4 Å². The molecule has 1 aliphatic heterocycles. The molecular weight excluding hydrogens is 336 g/mol. The summed E-state index contributed by atoms with van der Waals surface area (Å²) in [7, 11) is -1.39. The normalized spacial score (nSPS) is 18.0. The van der Waals surface area contributed by atoms with Crippen LogP contribution in [0.15, 0.2) is 30.3 Å². The maximum Gasteiger partial charge on any atom is 0.163 e. The average Bonchev–Trinajstić information content (AvgIpc) is 2.61. The third-order valence-electron chi connectivity index (χ3n) is 5.15. The summed E-state index contributed by atoms with van der Waals surface area (Å²) in [5.41, 5.74) is 9.99. The van der Waals surface area contributed by atoms with Crippen LogP contribution in [0.4, 0.5) is 0 Å². The monoisotopic (exact) mass is 360 g/mol. The second kappa shape index (κ2) is 6.14. The molecule has 0 fully saturated rings. The number of ketones is 1. The van der Waals surface area contributed by atoms with Crippen LogP contribution >= 0.6 is 0 Å². The van der Waals surface area contributed by atoms with Gasteiger partial charge in [0, 0.05) is 23.1 Å². The zero-order chi connectivity index (χ0) is 18.5. The first kappa shape index (κ1) is 17.1. The van der Waals surface area contributed by atoms with Crippen molar-refractivity contribution in [3.05, 3.63) is 52.6 Å². The van der Waals surface area contributed by atoms with Gasteiger partial charge >= 0.3 is 0 Å². The highest BCUT2D eigenvalue weighted by Gasteiger charge is 2.27. The summed E-state index contributed by atoms with van der Waals surface area (Å²) in [6, 6.07) is 10.6. The molecule has 1 heterocycles. The summed E-state index contributed by atoms with van der Waals surface area (Å²) in [4.78, 5) is 12.3. The summed E-state index contributed by atoms with van der Waals surface area (Å²) in [5, 5.41) is 0. The molecule has 4 rings (SSSR count). The highest BCUT2D eigenvalue weighted by atomic mass is 28.3. The van der Waals surface area contributed by atoms with E-state index in [1.807, 2.05) is 6.07 Å². The Balaban J connectivity index is 1.79. The molecule has 1 aliphatic carbocycles. The van der Waals surface area contributed by atoms with Gasteiger partial charge in [0.25, 0.3) is 0 Å². The topological polar surface area (TPSA) is 26.3 Å². The van der Waals surface area contributed by atoms with E-state index >= 15 is 0 Å². The Hall–Kier alpha value is -2.31. The first-order valence-electron chi connectivity index (χ1n) is 9.32. The lowest BCUT2D eigenvalue weighted by atomic mass is 9.80. The van der Waals surface area contributed by atoms with E-state index in [0.717, 1.165) is 28.9 Å². The van der Waals surface area contributed by atoms with Crippen LogP contribution in [-0.2, 0) is 6.61 Å². The lowest BCUT2D eigenvalue weighted by Gasteiger charge is -2.27. The number of carbonyl (C=O) groups is 1. The quantitative estimate of drug-likeness (QED) is 0.454. The van der Waals surface area contributed by atoms with Crippen molar-refractivity contribution in [2.75, 3.05) is 0 Å². The highest BCUT2D eigenvalue weighted by molar-refractivity contribution is 6.83. The van der Waals surface area contributed by atoms with E-state index in [-0.39, 0.29) is 5.78 Å². The van der Waals surface area contributed by atoms with Crippen molar-refractivity contribution >= 4 is 13.9 Å². The average molecular weight is 361 g/mol. The minimum atomic E-state index is -1.39. The summed E-state index contributed by atoms with van der Waals surface area (Å²) in [6.45, 7) is 9.50. The van der Waals surface area contributed by atoms with Gasteiger partial charge in [-0.05, 0) is 53.3 Å². The van der Waals surface area contributed by atoms with Crippen LogP contribution in [-0.4, -0.2) is 13.9 Å². The minimum Gasteiger partial charge on any atom is -0.488 e. The molecule has 0 saturated heterocycles. The fourth-order valence-electron chi connectivity index (χ4n) is 3.68. The number of ether oxygens (including phenoxy) is 1. The van der Waals surface area contributed by atoms with Crippen molar-refractivity contribution < 1.29 is 9.53 Å². The van der Waals surface area contributed by atoms with Gasteiger partial charge in [-0.3, -0.25) is 4.79 Å². The van der Waals surface area contributed by atoms with Gasteiger partial charge in [-0.15, -0.1) is 5.54 Å². The third kappa shape index (κ3) is 3.10. The molecule has 0 aromatic heterocycles. The zero-order valence-corrected chi connectivity index (χ0v) is 16.9. The molecule has 2 aliphatic rings. The lowest BCUT2D eigenvalue weighted by Crippen LogP contribution is -2.16. The molecule has 1 unspecified atom stereocenters. The Morgan fingerprint density at radius 1 is 1.08 bits per heavy atom. The highest BCUT2D eigenvalue weighted by Crippen LogP contribution is 2.43. The fraction of sp³-hybridized carbons (Fsp3) is 0.348. The molecule has 0 bridgehead atoms. The molecule has 0 amide bonds. The predicted molar refractivity (Wildman–Crippen MR) is 108 cm³/mol. The maximum absolute atomic E-state index is 12.3. The van der Waals surface area contributed by atoms with E-state index < -0.39 is 8.07 Å². The van der Waals surface area contributed by atoms with Crippen LogP contribution in [0.1, 0.15) is 52.7 Å². The Labute approximate surface area is 156 Å². The number of rotatable bonds is 0. The Morgan fingerprint density at radius 3 is 2.65 bits per heavy atom. The van der Waals surface area contributed by atoms with E-state index in [9.17, 15) is 4.79 Å².